The summed E-state index contributed by atoms with van der Waals surface area (Å²) < 4.78 is 79.7. The molecule has 0 spiro atoms. The maximum Gasteiger partial charge on any atom is 0.433 e. The Kier molecular flexibility index (Phi) is 5.11. The summed E-state index contributed by atoms with van der Waals surface area (Å²) in [6.45, 7) is 0.657. The number of hydrogen-bond donors (Lipinski definition) is 1. The van der Waals surface area contributed by atoms with Gasteiger partial charge in [0.15, 0.2) is 0 Å². The van der Waals surface area contributed by atoms with Crippen LogP contribution in [0.5, 0.6) is 0 Å². The number of aliphatic hydroxyl groups is 1. The zero-order valence-electron chi connectivity index (χ0n) is 14.4. The molecule has 0 radical (unpaired) electrons. The standard InChI is InChI=1S/C18H18F6N2O/c1-26-8-3-2-7-13(26)16(27)11-9-14(18(22,23)24)25-15-10(11)5-4-6-12(15)17(19,20)21/h4-6,9,13,16,27H,2-3,7-8H2,1H3. The minimum Gasteiger partial charge on any atom is -0.387 e. The molecule has 1 saturated heterocycles. The van der Waals surface area contributed by atoms with Gasteiger partial charge in [0, 0.05) is 11.4 Å². The normalized spacial score (nSPS) is 20.8. The summed E-state index contributed by atoms with van der Waals surface area (Å²) in [7, 11) is 1.74. The van der Waals surface area contributed by atoms with Crippen molar-refractivity contribution in [2.45, 2.75) is 43.8 Å². The molecule has 1 aromatic heterocycles. The average molecular weight is 392 g/mol. The first-order valence-corrected chi connectivity index (χ1v) is 8.46. The molecule has 0 aliphatic carbocycles. The summed E-state index contributed by atoms with van der Waals surface area (Å²) in [5.41, 5.74) is -3.68. The number of likely N-dealkylation sites (tertiary alicyclic amines) is 1. The van der Waals surface area contributed by atoms with Crippen LogP contribution in [0.1, 0.15) is 42.2 Å². The Hall–Kier alpha value is -1.87. The van der Waals surface area contributed by atoms with Crippen LogP contribution in [0.25, 0.3) is 10.9 Å². The van der Waals surface area contributed by atoms with Crippen molar-refractivity contribution in [3.05, 3.63) is 41.1 Å². The van der Waals surface area contributed by atoms with Crippen molar-refractivity contribution >= 4 is 10.9 Å². The lowest BCUT2D eigenvalue weighted by molar-refractivity contribution is -0.142. The Balaban J connectivity index is 2.24. The van der Waals surface area contributed by atoms with E-state index in [2.05, 4.69) is 4.98 Å². The fourth-order valence-electron chi connectivity index (χ4n) is 3.60. The van der Waals surface area contributed by atoms with Crippen molar-refractivity contribution in [2.24, 2.45) is 0 Å². The van der Waals surface area contributed by atoms with Gasteiger partial charge in [-0.25, -0.2) is 4.98 Å². The number of halogens is 6. The van der Waals surface area contributed by atoms with E-state index in [0.29, 0.717) is 25.1 Å². The van der Waals surface area contributed by atoms with E-state index >= 15 is 0 Å². The van der Waals surface area contributed by atoms with E-state index in [1.165, 1.54) is 6.07 Å². The van der Waals surface area contributed by atoms with E-state index < -0.39 is 41.3 Å². The number of pyridine rings is 1. The van der Waals surface area contributed by atoms with E-state index in [1.807, 2.05) is 4.90 Å². The van der Waals surface area contributed by atoms with Crippen LogP contribution in [0.15, 0.2) is 24.3 Å². The zero-order valence-corrected chi connectivity index (χ0v) is 14.4. The van der Waals surface area contributed by atoms with Crippen LogP contribution in [0.4, 0.5) is 26.3 Å². The number of fused-ring (bicyclic) bond motifs is 1. The Labute approximate surface area is 151 Å². The van der Waals surface area contributed by atoms with Crippen LogP contribution in [-0.4, -0.2) is 34.6 Å². The summed E-state index contributed by atoms with van der Waals surface area (Å²) in [6, 6.07) is 3.26. The molecule has 2 atom stereocenters. The van der Waals surface area contributed by atoms with Crippen molar-refractivity contribution in [1.29, 1.82) is 0 Å². The molecule has 9 heteroatoms. The second-order valence-electron chi connectivity index (χ2n) is 6.78. The van der Waals surface area contributed by atoms with Crippen molar-refractivity contribution < 1.29 is 31.4 Å². The molecule has 1 fully saturated rings. The Morgan fingerprint density at radius 3 is 2.41 bits per heavy atom. The van der Waals surface area contributed by atoms with Crippen molar-refractivity contribution in [1.82, 2.24) is 9.88 Å². The molecule has 1 N–H and O–H groups in total. The van der Waals surface area contributed by atoms with Gasteiger partial charge in [0.2, 0.25) is 0 Å². The molecule has 2 heterocycles. The monoisotopic (exact) mass is 392 g/mol. The second-order valence-corrected chi connectivity index (χ2v) is 6.78. The molecule has 2 aromatic rings. The average Bonchev–Trinajstić information content (AvgIpc) is 2.58. The minimum atomic E-state index is -4.93. The van der Waals surface area contributed by atoms with Gasteiger partial charge in [0.1, 0.15) is 5.69 Å². The van der Waals surface area contributed by atoms with E-state index in [9.17, 15) is 31.4 Å². The van der Waals surface area contributed by atoms with Gasteiger partial charge in [0.05, 0.1) is 17.2 Å². The highest BCUT2D eigenvalue weighted by Gasteiger charge is 2.39. The van der Waals surface area contributed by atoms with E-state index in [0.717, 1.165) is 18.9 Å². The van der Waals surface area contributed by atoms with Gasteiger partial charge in [-0.1, -0.05) is 18.6 Å². The number of aromatic nitrogens is 1. The van der Waals surface area contributed by atoms with Gasteiger partial charge in [-0.3, -0.25) is 0 Å². The lowest BCUT2D eigenvalue weighted by Gasteiger charge is -2.36. The number of benzene rings is 1. The fourth-order valence-corrected chi connectivity index (χ4v) is 3.60. The number of likely N-dealkylation sites (N-methyl/N-ethyl adjacent to an activating group) is 1. The van der Waals surface area contributed by atoms with Crippen LogP contribution in [-0.2, 0) is 12.4 Å². The fraction of sp³-hybridized carbons (Fsp3) is 0.500. The van der Waals surface area contributed by atoms with Crippen LogP contribution in [0.3, 0.4) is 0 Å². The minimum absolute atomic E-state index is 0.121. The molecule has 1 aromatic carbocycles. The lowest BCUT2D eigenvalue weighted by Crippen LogP contribution is -2.40. The third-order valence-corrected chi connectivity index (χ3v) is 4.98. The third kappa shape index (κ3) is 3.89. The lowest BCUT2D eigenvalue weighted by atomic mass is 9.90. The van der Waals surface area contributed by atoms with Crippen molar-refractivity contribution in [2.75, 3.05) is 13.6 Å². The van der Waals surface area contributed by atoms with Gasteiger partial charge in [-0.2, -0.15) is 26.3 Å². The quantitative estimate of drug-likeness (QED) is 0.747. The smallest absolute Gasteiger partial charge is 0.387 e. The first kappa shape index (κ1) is 19.9. The Morgan fingerprint density at radius 1 is 1.11 bits per heavy atom. The molecular formula is C18H18F6N2O. The SMILES string of the molecule is CN1CCCCC1C(O)c1cc(C(F)(F)F)nc2c(C(F)(F)F)cccc12. The Morgan fingerprint density at radius 2 is 1.81 bits per heavy atom. The molecule has 148 valence electrons. The summed E-state index contributed by atoms with van der Waals surface area (Å²) >= 11 is 0. The first-order chi connectivity index (χ1) is 12.5. The van der Waals surface area contributed by atoms with Gasteiger partial charge in [0.25, 0.3) is 0 Å². The van der Waals surface area contributed by atoms with E-state index in [-0.39, 0.29) is 10.9 Å². The molecule has 0 amide bonds. The summed E-state index contributed by atoms with van der Waals surface area (Å²) in [4.78, 5) is 5.07. The molecule has 3 rings (SSSR count). The number of piperidine rings is 1. The first-order valence-electron chi connectivity index (χ1n) is 8.46. The molecular weight excluding hydrogens is 374 g/mol. The molecule has 0 bridgehead atoms. The molecule has 27 heavy (non-hydrogen) atoms. The molecule has 1 aliphatic rings. The number of para-hydroxylation sites is 1. The van der Waals surface area contributed by atoms with Gasteiger partial charge in [-0.05, 0) is 44.1 Å². The number of nitrogens with zero attached hydrogens (tertiary/aromatic N) is 2. The highest BCUT2D eigenvalue weighted by molar-refractivity contribution is 5.86. The summed E-state index contributed by atoms with van der Waals surface area (Å²) in [5, 5.41) is 10.7. The topological polar surface area (TPSA) is 36.4 Å². The van der Waals surface area contributed by atoms with Crippen molar-refractivity contribution in [3.8, 4) is 0 Å². The third-order valence-electron chi connectivity index (χ3n) is 4.98. The van der Waals surface area contributed by atoms with Gasteiger partial charge in [-0.15, -0.1) is 0 Å². The van der Waals surface area contributed by atoms with Gasteiger partial charge >= 0.3 is 12.4 Å². The maximum atomic E-state index is 13.3. The zero-order chi connectivity index (χ0) is 20.0. The van der Waals surface area contributed by atoms with Crippen molar-refractivity contribution in [3.63, 3.8) is 0 Å². The largest absolute Gasteiger partial charge is 0.433 e. The van der Waals surface area contributed by atoms with Crippen LogP contribution in [0, 0.1) is 0 Å². The second kappa shape index (κ2) is 6.94. The molecule has 1 aliphatic heterocycles. The number of hydrogen-bond acceptors (Lipinski definition) is 3. The predicted molar refractivity (Wildman–Crippen MR) is 87.0 cm³/mol. The van der Waals surface area contributed by atoms with Gasteiger partial charge < -0.3 is 10.0 Å². The highest BCUT2D eigenvalue weighted by Crippen LogP contribution is 2.40. The maximum absolute atomic E-state index is 13.3. The number of rotatable bonds is 2. The van der Waals surface area contributed by atoms with E-state index in [4.69, 9.17) is 0 Å². The Bertz CT molecular complexity index is 833. The molecule has 3 nitrogen and oxygen atoms in total. The van der Waals surface area contributed by atoms with Crippen LogP contribution >= 0.6 is 0 Å². The summed E-state index contributed by atoms with van der Waals surface area (Å²) in [5.74, 6) is 0. The predicted octanol–water partition coefficient (Wildman–Crippen LogP) is 4.79. The van der Waals surface area contributed by atoms with Crippen LogP contribution < -0.4 is 0 Å². The van der Waals surface area contributed by atoms with E-state index in [1.54, 1.807) is 7.05 Å². The molecule has 0 saturated carbocycles. The highest BCUT2D eigenvalue weighted by atomic mass is 19.4. The number of alkyl halides is 6. The molecule has 2 unspecified atom stereocenters. The number of aliphatic hydroxyl groups excluding tert-OH is 1. The summed E-state index contributed by atoms with van der Waals surface area (Å²) in [6.07, 6.45) is -8.93. The van der Waals surface area contributed by atoms with Crippen LogP contribution in [0.2, 0.25) is 0 Å².